The SMILES string of the molecule is Cc1cccc([N+](=O)[O-])c1NC(=O)COC(=O)[C@H](C)N1C(=O)[C@@H]2CCCC[C@H]2C1=O. The highest BCUT2D eigenvalue weighted by Gasteiger charge is 2.51. The number of hydrogen-bond acceptors (Lipinski definition) is 7. The zero-order valence-corrected chi connectivity index (χ0v) is 16.8. The maximum atomic E-state index is 12.6. The summed E-state index contributed by atoms with van der Waals surface area (Å²) in [6, 6.07) is 3.20. The first-order chi connectivity index (χ1) is 14.2. The molecule has 1 saturated carbocycles. The monoisotopic (exact) mass is 417 g/mol. The number of fused-ring (bicyclic) bond motifs is 1. The third kappa shape index (κ3) is 4.03. The minimum absolute atomic E-state index is 0.0190. The van der Waals surface area contributed by atoms with Gasteiger partial charge in [-0.2, -0.15) is 0 Å². The highest BCUT2D eigenvalue weighted by Crippen LogP contribution is 2.39. The standard InChI is InChI=1S/C20H23N3O7/c1-11-6-5-9-15(23(28)29)17(11)21-16(24)10-30-20(27)12(2)22-18(25)13-7-3-4-8-14(13)19(22)26/h5-6,9,12-14H,3-4,7-8,10H2,1-2H3,(H,21,24)/t12-,13+,14+/m0/s1. The molecule has 1 saturated heterocycles. The third-order valence-corrected chi connectivity index (χ3v) is 5.66. The van der Waals surface area contributed by atoms with Crippen LogP contribution in [0.1, 0.15) is 38.2 Å². The normalized spacial score (nSPS) is 21.7. The summed E-state index contributed by atoms with van der Waals surface area (Å²) in [6.45, 7) is 2.29. The van der Waals surface area contributed by atoms with Crippen molar-refractivity contribution in [2.75, 3.05) is 11.9 Å². The van der Waals surface area contributed by atoms with E-state index in [1.807, 2.05) is 0 Å². The predicted octanol–water partition coefficient (Wildman–Crippen LogP) is 1.95. The van der Waals surface area contributed by atoms with E-state index in [-0.39, 0.29) is 35.0 Å². The fraction of sp³-hybridized carbons (Fsp3) is 0.500. The molecule has 1 heterocycles. The Balaban J connectivity index is 1.61. The number of rotatable bonds is 6. The number of nitrogens with one attached hydrogen (secondary N) is 1. The van der Waals surface area contributed by atoms with Gasteiger partial charge in [-0.25, -0.2) is 4.79 Å². The van der Waals surface area contributed by atoms with Gasteiger partial charge in [0.25, 0.3) is 11.6 Å². The zero-order valence-electron chi connectivity index (χ0n) is 16.8. The molecule has 3 rings (SSSR count). The number of para-hydroxylation sites is 1. The lowest BCUT2D eigenvalue weighted by molar-refractivity contribution is -0.384. The van der Waals surface area contributed by atoms with E-state index >= 15 is 0 Å². The van der Waals surface area contributed by atoms with Crippen molar-refractivity contribution < 1.29 is 28.8 Å². The van der Waals surface area contributed by atoms with Crippen molar-refractivity contribution in [3.63, 3.8) is 0 Å². The summed E-state index contributed by atoms with van der Waals surface area (Å²) < 4.78 is 4.97. The molecule has 2 aliphatic rings. The molecule has 0 spiro atoms. The molecule has 1 aromatic rings. The Hall–Kier alpha value is -3.30. The summed E-state index contributed by atoms with van der Waals surface area (Å²) in [7, 11) is 0. The van der Waals surface area contributed by atoms with E-state index in [9.17, 15) is 29.3 Å². The molecule has 0 bridgehead atoms. The second-order valence-corrected chi connectivity index (χ2v) is 7.60. The average molecular weight is 417 g/mol. The molecule has 0 aromatic heterocycles. The number of benzene rings is 1. The van der Waals surface area contributed by atoms with Gasteiger partial charge in [0.05, 0.1) is 16.8 Å². The summed E-state index contributed by atoms with van der Waals surface area (Å²) in [5, 5.41) is 13.5. The highest BCUT2D eigenvalue weighted by molar-refractivity contribution is 6.08. The summed E-state index contributed by atoms with van der Waals surface area (Å²) in [4.78, 5) is 61.1. The van der Waals surface area contributed by atoms with Crippen molar-refractivity contribution in [3.8, 4) is 0 Å². The maximum absolute atomic E-state index is 12.6. The molecule has 0 unspecified atom stereocenters. The third-order valence-electron chi connectivity index (χ3n) is 5.66. The van der Waals surface area contributed by atoms with Gasteiger partial charge in [-0.05, 0) is 32.3 Å². The van der Waals surface area contributed by atoms with Crippen LogP contribution in [0.4, 0.5) is 11.4 Å². The smallest absolute Gasteiger partial charge is 0.329 e. The fourth-order valence-electron chi connectivity index (χ4n) is 4.07. The second kappa shape index (κ2) is 8.60. The maximum Gasteiger partial charge on any atom is 0.329 e. The van der Waals surface area contributed by atoms with E-state index in [0.717, 1.165) is 17.7 Å². The molecule has 1 aromatic carbocycles. The largest absolute Gasteiger partial charge is 0.454 e. The Morgan fingerprint density at radius 2 is 1.83 bits per heavy atom. The van der Waals surface area contributed by atoms with E-state index in [1.165, 1.54) is 19.1 Å². The van der Waals surface area contributed by atoms with Gasteiger partial charge < -0.3 is 10.1 Å². The number of nitrogens with zero attached hydrogens (tertiary/aromatic N) is 2. The highest BCUT2D eigenvalue weighted by atomic mass is 16.6. The number of likely N-dealkylation sites (tertiary alicyclic amines) is 1. The van der Waals surface area contributed by atoms with Crippen molar-refractivity contribution in [1.82, 2.24) is 4.90 Å². The van der Waals surface area contributed by atoms with Crippen LogP contribution in [0.2, 0.25) is 0 Å². The Bertz CT molecular complexity index is 890. The van der Waals surface area contributed by atoms with E-state index in [4.69, 9.17) is 4.74 Å². The molecule has 30 heavy (non-hydrogen) atoms. The van der Waals surface area contributed by atoms with Crippen LogP contribution in [0.15, 0.2) is 18.2 Å². The van der Waals surface area contributed by atoms with Crippen LogP contribution in [-0.4, -0.2) is 46.2 Å². The van der Waals surface area contributed by atoms with Crippen LogP contribution >= 0.6 is 0 Å². The number of esters is 1. The number of imide groups is 1. The van der Waals surface area contributed by atoms with Gasteiger partial charge in [-0.3, -0.25) is 29.4 Å². The zero-order chi connectivity index (χ0) is 22.0. The van der Waals surface area contributed by atoms with E-state index in [0.29, 0.717) is 18.4 Å². The van der Waals surface area contributed by atoms with Crippen LogP contribution in [0, 0.1) is 28.9 Å². The molecule has 1 N–H and O–H groups in total. The van der Waals surface area contributed by atoms with Gasteiger partial charge in [0.1, 0.15) is 11.7 Å². The van der Waals surface area contributed by atoms with Gasteiger partial charge in [0.2, 0.25) is 11.8 Å². The summed E-state index contributed by atoms with van der Waals surface area (Å²) in [6.07, 6.45) is 3.01. The lowest BCUT2D eigenvalue weighted by Crippen LogP contribution is -2.45. The number of ether oxygens (including phenoxy) is 1. The van der Waals surface area contributed by atoms with Crippen molar-refractivity contribution in [3.05, 3.63) is 33.9 Å². The van der Waals surface area contributed by atoms with Crippen LogP contribution in [0.5, 0.6) is 0 Å². The summed E-state index contributed by atoms with van der Waals surface area (Å²) in [5.41, 5.74) is 0.220. The lowest BCUT2D eigenvalue weighted by atomic mass is 9.81. The molecule has 3 atom stereocenters. The topological polar surface area (TPSA) is 136 Å². The first-order valence-corrected chi connectivity index (χ1v) is 9.79. The summed E-state index contributed by atoms with van der Waals surface area (Å²) >= 11 is 0. The molecule has 1 aliphatic heterocycles. The van der Waals surface area contributed by atoms with Crippen molar-refractivity contribution in [2.45, 2.75) is 45.6 Å². The first kappa shape index (κ1) is 21.4. The molecule has 10 nitrogen and oxygen atoms in total. The Morgan fingerprint density at radius 1 is 1.23 bits per heavy atom. The van der Waals surface area contributed by atoms with Gasteiger partial charge in [0, 0.05) is 6.07 Å². The molecule has 3 amide bonds. The number of carbonyl (C=O) groups excluding carboxylic acids is 4. The molecule has 1 aliphatic carbocycles. The minimum Gasteiger partial charge on any atom is -0.454 e. The Kier molecular flexibility index (Phi) is 6.14. The second-order valence-electron chi connectivity index (χ2n) is 7.60. The first-order valence-electron chi connectivity index (χ1n) is 9.79. The van der Waals surface area contributed by atoms with Gasteiger partial charge in [0.15, 0.2) is 6.61 Å². The predicted molar refractivity (Wildman–Crippen MR) is 104 cm³/mol. The van der Waals surface area contributed by atoms with Crippen molar-refractivity contribution in [2.24, 2.45) is 11.8 Å². The van der Waals surface area contributed by atoms with Gasteiger partial charge in [-0.1, -0.05) is 25.0 Å². The minimum atomic E-state index is -1.14. The number of carbonyl (C=O) groups is 4. The fourth-order valence-corrected chi connectivity index (χ4v) is 4.07. The number of amides is 3. The van der Waals surface area contributed by atoms with E-state index in [1.54, 1.807) is 13.0 Å². The molecule has 0 radical (unpaired) electrons. The van der Waals surface area contributed by atoms with Crippen LogP contribution in [-0.2, 0) is 23.9 Å². The Morgan fingerprint density at radius 3 is 2.40 bits per heavy atom. The van der Waals surface area contributed by atoms with Crippen LogP contribution in [0.3, 0.4) is 0 Å². The number of hydrogen-bond donors (Lipinski definition) is 1. The quantitative estimate of drug-likeness (QED) is 0.323. The average Bonchev–Trinajstić information content (AvgIpc) is 2.97. The number of nitro benzene ring substituents is 1. The molecule has 10 heteroatoms. The number of nitro groups is 1. The molecule has 2 fully saturated rings. The van der Waals surface area contributed by atoms with Gasteiger partial charge >= 0.3 is 5.97 Å². The van der Waals surface area contributed by atoms with Crippen molar-refractivity contribution in [1.29, 1.82) is 0 Å². The summed E-state index contributed by atoms with van der Waals surface area (Å²) in [5.74, 6) is -3.15. The van der Waals surface area contributed by atoms with Crippen LogP contribution < -0.4 is 5.32 Å². The number of aryl methyl sites for hydroxylation is 1. The number of anilines is 1. The molecular weight excluding hydrogens is 394 g/mol. The Labute approximate surface area is 172 Å². The van der Waals surface area contributed by atoms with Crippen molar-refractivity contribution >= 4 is 35.1 Å². The molecular formula is C20H23N3O7. The van der Waals surface area contributed by atoms with Gasteiger partial charge in [-0.15, -0.1) is 0 Å². The van der Waals surface area contributed by atoms with Crippen LogP contribution in [0.25, 0.3) is 0 Å². The molecule has 160 valence electrons. The van der Waals surface area contributed by atoms with E-state index < -0.39 is 29.4 Å². The van der Waals surface area contributed by atoms with E-state index in [2.05, 4.69) is 5.32 Å². The lowest BCUT2D eigenvalue weighted by Gasteiger charge is -2.21.